The van der Waals surface area contributed by atoms with Gasteiger partial charge in [0.2, 0.25) is 0 Å². The summed E-state index contributed by atoms with van der Waals surface area (Å²) in [5.41, 5.74) is 0. The molecule has 1 atom stereocenters. The molecule has 0 aliphatic carbocycles. The molecule has 1 saturated heterocycles. The highest BCUT2D eigenvalue weighted by atomic mass is 79.9. The number of rotatable bonds is 2. The summed E-state index contributed by atoms with van der Waals surface area (Å²) in [5.74, 6) is 0.0186. The summed E-state index contributed by atoms with van der Waals surface area (Å²) in [6.07, 6.45) is 2.19. The minimum atomic E-state index is 0.0186. The van der Waals surface area contributed by atoms with Crippen LogP contribution in [0.25, 0.3) is 0 Å². The summed E-state index contributed by atoms with van der Waals surface area (Å²) in [4.78, 5) is 12.6. The second-order valence-electron chi connectivity index (χ2n) is 3.75. The van der Waals surface area contributed by atoms with E-state index in [1.807, 2.05) is 6.07 Å². The molecule has 1 aliphatic rings. The highest BCUT2D eigenvalue weighted by molar-refractivity contribution is 9.13. The number of halogens is 2. The van der Waals surface area contributed by atoms with Crippen molar-refractivity contribution in [3.05, 3.63) is 19.2 Å². The zero-order valence-electron chi connectivity index (χ0n) is 8.56. The van der Waals surface area contributed by atoms with Crippen LogP contribution in [0, 0.1) is 0 Å². The maximum atomic E-state index is 11.9. The standard InChI is InChI=1S/C10H12Br2N2OS/c11-7-4-8(16-9(7)12)10(15)14-6-2-1-3-13-5-6/h4,6,13H,1-3,5H2,(H,14,15)/t6-/m1/s1. The SMILES string of the molecule is O=C(N[C@@H]1CCCNC1)c1cc(Br)c(Br)s1. The van der Waals surface area contributed by atoms with Crippen LogP contribution in [0.2, 0.25) is 0 Å². The van der Waals surface area contributed by atoms with Crippen LogP contribution in [0.15, 0.2) is 14.3 Å². The maximum Gasteiger partial charge on any atom is 0.261 e. The van der Waals surface area contributed by atoms with Gasteiger partial charge in [-0.2, -0.15) is 0 Å². The first-order valence-corrected chi connectivity index (χ1v) is 7.53. The van der Waals surface area contributed by atoms with Crippen molar-refractivity contribution in [1.82, 2.24) is 10.6 Å². The zero-order chi connectivity index (χ0) is 11.5. The van der Waals surface area contributed by atoms with Gasteiger partial charge < -0.3 is 10.6 Å². The van der Waals surface area contributed by atoms with Gasteiger partial charge in [0.25, 0.3) is 5.91 Å². The number of carbonyl (C=O) groups excluding carboxylic acids is 1. The quantitative estimate of drug-likeness (QED) is 0.843. The molecule has 0 unspecified atom stereocenters. The predicted octanol–water partition coefficient (Wildman–Crippen LogP) is 2.75. The average molecular weight is 368 g/mol. The number of amides is 1. The summed E-state index contributed by atoms with van der Waals surface area (Å²) >= 11 is 8.22. The van der Waals surface area contributed by atoms with Gasteiger partial charge in [0.05, 0.1) is 8.66 Å². The normalized spacial score (nSPS) is 20.8. The molecule has 0 saturated carbocycles. The molecule has 1 aliphatic heterocycles. The molecule has 1 amide bonds. The van der Waals surface area contributed by atoms with E-state index in [2.05, 4.69) is 42.5 Å². The predicted molar refractivity (Wildman–Crippen MR) is 73.1 cm³/mol. The van der Waals surface area contributed by atoms with E-state index in [0.29, 0.717) is 0 Å². The topological polar surface area (TPSA) is 41.1 Å². The summed E-state index contributed by atoms with van der Waals surface area (Å²) in [6, 6.07) is 2.11. The fraction of sp³-hybridized carbons (Fsp3) is 0.500. The third kappa shape index (κ3) is 3.06. The Morgan fingerprint density at radius 3 is 2.94 bits per heavy atom. The number of nitrogens with one attached hydrogen (secondary N) is 2. The lowest BCUT2D eigenvalue weighted by Gasteiger charge is -2.23. The lowest BCUT2D eigenvalue weighted by molar-refractivity contribution is 0.0935. The second kappa shape index (κ2) is 5.62. The molecule has 6 heteroatoms. The molecule has 0 aromatic carbocycles. The van der Waals surface area contributed by atoms with Crippen molar-refractivity contribution < 1.29 is 4.79 Å². The Hall–Kier alpha value is 0.0900. The van der Waals surface area contributed by atoms with Gasteiger partial charge >= 0.3 is 0 Å². The van der Waals surface area contributed by atoms with Gasteiger partial charge in [-0.15, -0.1) is 11.3 Å². The minimum absolute atomic E-state index is 0.0186. The molecule has 2 N–H and O–H groups in total. The van der Waals surface area contributed by atoms with E-state index in [1.54, 1.807) is 0 Å². The van der Waals surface area contributed by atoms with Gasteiger partial charge in [0, 0.05) is 17.1 Å². The molecule has 0 radical (unpaired) electrons. The van der Waals surface area contributed by atoms with Crippen LogP contribution in [0.4, 0.5) is 0 Å². The zero-order valence-corrected chi connectivity index (χ0v) is 12.5. The maximum absolute atomic E-state index is 11.9. The van der Waals surface area contributed by atoms with Crippen LogP contribution in [0.1, 0.15) is 22.5 Å². The van der Waals surface area contributed by atoms with Crippen molar-refractivity contribution in [2.24, 2.45) is 0 Å². The monoisotopic (exact) mass is 366 g/mol. The number of thiophene rings is 1. The molecule has 2 heterocycles. The fourth-order valence-corrected chi connectivity index (χ4v) is 3.63. The van der Waals surface area contributed by atoms with E-state index in [9.17, 15) is 4.79 Å². The first-order valence-electron chi connectivity index (χ1n) is 5.13. The molecular formula is C10H12Br2N2OS. The van der Waals surface area contributed by atoms with E-state index in [1.165, 1.54) is 11.3 Å². The summed E-state index contributed by atoms with van der Waals surface area (Å²) in [5, 5.41) is 6.32. The van der Waals surface area contributed by atoms with Crippen molar-refractivity contribution >= 4 is 49.1 Å². The Balaban J connectivity index is 1.96. The Labute approximate surface area is 115 Å². The van der Waals surface area contributed by atoms with Gasteiger partial charge in [-0.25, -0.2) is 0 Å². The molecule has 1 fully saturated rings. The van der Waals surface area contributed by atoms with E-state index in [4.69, 9.17) is 0 Å². The van der Waals surface area contributed by atoms with Crippen LogP contribution in [0.5, 0.6) is 0 Å². The van der Waals surface area contributed by atoms with E-state index >= 15 is 0 Å². The second-order valence-corrected chi connectivity index (χ2v) is 6.97. The Morgan fingerprint density at radius 1 is 1.56 bits per heavy atom. The van der Waals surface area contributed by atoms with Gasteiger partial charge in [-0.3, -0.25) is 4.79 Å². The number of piperidine rings is 1. The molecule has 2 rings (SSSR count). The Bertz CT molecular complexity index is 369. The van der Waals surface area contributed by atoms with Crippen molar-refractivity contribution in [3.63, 3.8) is 0 Å². The van der Waals surface area contributed by atoms with Crippen molar-refractivity contribution in [1.29, 1.82) is 0 Å². The largest absolute Gasteiger partial charge is 0.347 e. The highest BCUT2D eigenvalue weighted by Gasteiger charge is 2.18. The van der Waals surface area contributed by atoms with Gasteiger partial charge in [0.1, 0.15) is 0 Å². The van der Waals surface area contributed by atoms with Crippen molar-refractivity contribution in [2.45, 2.75) is 18.9 Å². The molecule has 1 aromatic rings. The van der Waals surface area contributed by atoms with Crippen LogP contribution >= 0.6 is 43.2 Å². The molecule has 3 nitrogen and oxygen atoms in total. The number of hydrogen-bond acceptors (Lipinski definition) is 3. The average Bonchev–Trinajstić information content (AvgIpc) is 2.61. The van der Waals surface area contributed by atoms with E-state index < -0.39 is 0 Å². The highest BCUT2D eigenvalue weighted by Crippen LogP contribution is 2.32. The van der Waals surface area contributed by atoms with Crippen LogP contribution < -0.4 is 10.6 Å². The molecule has 1 aromatic heterocycles. The lowest BCUT2D eigenvalue weighted by Crippen LogP contribution is -2.45. The minimum Gasteiger partial charge on any atom is -0.347 e. The van der Waals surface area contributed by atoms with Crippen molar-refractivity contribution in [2.75, 3.05) is 13.1 Å². The Morgan fingerprint density at radius 2 is 2.38 bits per heavy atom. The summed E-state index contributed by atoms with van der Waals surface area (Å²) in [6.45, 7) is 1.93. The van der Waals surface area contributed by atoms with Crippen molar-refractivity contribution in [3.8, 4) is 0 Å². The summed E-state index contributed by atoms with van der Waals surface area (Å²) < 4.78 is 1.89. The molecule has 88 valence electrons. The number of hydrogen-bond donors (Lipinski definition) is 2. The van der Waals surface area contributed by atoms with Gasteiger partial charge in [-0.1, -0.05) is 0 Å². The Kier molecular flexibility index (Phi) is 4.41. The molecule has 16 heavy (non-hydrogen) atoms. The molecular weight excluding hydrogens is 356 g/mol. The van der Waals surface area contributed by atoms with Crippen LogP contribution in [-0.4, -0.2) is 25.0 Å². The third-order valence-corrected chi connectivity index (χ3v) is 5.76. The van der Waals surface area contributed by atoms with Crippen LogP contribution in [-0.2, 0) is 0 Å². The van der Waals surface area contributed by atoms with Gasteiger partial charge in [0.15, 0.2) is 0 Å². The first kappa shape index (κ1) is 12.5. The van der Waals surface area contributed by atoms with E-state index in [-0.39, 0.29) is 11.9 Å². The molecule has 0 spiro atoms. The summed E-state index contributed by atoms with van der Waals surface area (Å²) in [7, 11) is 0. The lowest BCUT2D eigenvalue weighted by atomic mass is 10.1. The van der Waals surface area contributed by atoms with Gasteiger partial charge in [-0.05, 0) is 57.3 Å². The smallest absolute Gasteiger partial charge is 0.261 e. The number of carbonyl (C=O) groups is 1. The fourth-order valence-electron chi connectivity index (χ4n) is 1.69. The first-order chi connectivity index (χ1) is 7.66. The van der Waals surface area contributed by atoms with Crippen LogP contribution in [0.3, 0.4) is 0 Å². The van der Waals surface area contributed by atoms with E-state index in [0.717, 1.165) is 39.1 Å². The third-order valence-electron chi connectivity index (χ3n) is 2.50. The molecule has 0 bridgehead atoms.